The normalized spacial score (nSPS) is 30.8. The quantitative estimate of drug-likeness (QED) is 0.846. The molecule has 0 aromatic heterocycles. The van der Waals surface area contributed by atoms with Gasteiger partial charge in [0.15, 0.2) is 0 Å². The third-order valence-electron chi connectivity index (χ3n) is 6.11. The van der Waals surface area contributed by atoms with E-state index in [4.69, 9.17) is 11.6 Å². The highest BCUT2D eigenvalue weighted by Crippen LogP contribution is 2.44. The van der Waals surface area contributed by atoms with Crippen LogP contribution in [0.25, 0.3) is 0 Å². The Balaban J connectivity index is 1.34. The highest BCUT2D eigenvalue weighted by Gasteiger charge is 2.42. The van der Waals surface area contributed by atoms with Gasteiger partial charge >= 0.3 is 0 Å². The Bertz CT molecular complexity index is 634. The van der Waals surface area contributed by atoms with Gasteiger partial charge in [-0.15, -0.1) is 0 Å². The summed E-state index contributed by atoms with van der Waals surface area (Å²) in [7, 11) is 0. The van der Waals surface area contributed by atoms with Crippen LogP contribution in [0.1, 0.15) is 37.4 Å². The van der Waals surface area contributed by atoms with Crippen molar-refractivity contribution in [1.82, 2.24) is 4.90 Å². The number of likely N-dealkylation sites (tertiary alicyclic amines) is 1. The number of hydrogen-bond acceptors (Lipinski definition) is 2. The fourth-order valence-corrected chi connectivity index (χ4v) is 4.79. The Morgan fingerprint density at radius 1 is 1.12 bits per heavy atom. The topological polar surface area (TPSA) is 40.5 Å². The van der Waals surface area contributed by atoms with E-state index in [2.05, 4.69) is 12.2 Å². The molecule has 2 aliphatic carbocycles. The molecule has 4 rings (SSSR count). The maximum Gasteiger partial charge on any atom is 0.226 e. The van der Waals surface area contributed by atoms with E-state index in [1.807, 2.05) is 29.2 Å². The van der Waals surface area contributed by atoms with Gasteiger partial charge in [0.25, 0.3) is 0 Å². The van der Waals surface area contributed by atoms with E-state index in [1.165, 1.54) is 6.42 Å². The largest absolute Gasteiger partial charge is 0.388 e. The minimum atomic E-state index is -0.468. The summed E-state index contributed by atoms with van der Waals surface area (Å²) >= 11 is 5.91. The van der Waals surface area contributed by atoms with Gasteiger partial charge < -0.3 is 10.0 Å². The van der Waals surface area contributed by atoms with Gasteiger partial charge in [0.1, 0.15) is 0 Å². The second kappa shape index (κ2) is 6.53. The maximum absolute atomic E-state index is 12.8. The number of halogens is 1. The first-order valence-corrected chi connectivity index (χ1v) is 9.40. The monoisotopic (exact) mass is 345 g/mol. The molecule has 2 fully saturated rings. The molecule has 1 N–H and O–H groups in total. The Labute approximate surface area is 148 Å². The highest BCUT2D eigenvalue weighted by atomic mass is 35.5. The SMILES string of the molecule is O=C([C@H]1C[C@H]2C=C[C@H]1C2)N1CCC([C@H](O)c2ccc(Cl)cc2)CC1. The number of aliphatic hydroxyl groups is 1. The number of aliphatic hydroxyl groups excluding tert-OH is 1. The van der Waals surface area contributed by atoms with Crippen LogP contribution >= 0.6 is 11.6 Å². The summed E-state index contributed by atoms with van der Waals surface area (Å²) < 4.78 is 0. The number of nitrogens with zero attached hydrogens (tertiary/aromatic N) is 1. The summed E-state index contributed by atoms with van der Waals surface area (Å²) in [4.78, 5) is 14.8. The van der Waals surface area contributed by atoms with Gasteiger partial charge in [-0.2, -0.15) is 0 Å². The standard InChI is InChI=1S/C20H24ClNO2/c21-17-5-3-14(4-6-17)19(23)15-7-9-22(10-8-15)20(24)18-12-13-1-2-16(18)11-13/h1-6,13,15-16,18-19,23H,7-12H2/t13-,16-,18-,19+/m0/s1. The fraction of sp³-hybridized carbons (Fsp3) is 0.550. The number of fused-ring (bicyclic) bond motifs is 2. The number of carbonyl (C=O) groups excluding carboxylic acids is 1. The molecule has 1 amide bonds. The molecule has 3 aliphatic rings. The minimum absolute atomic E-state index is 0.206. The number of hydrogen-bond donors (Lipinski definition) is 1. The number of allylic oxidation sites excluding steroid dienone is 2. The van der Waals surface area contributed by atoms with E-state index in [0.717, 1.165) is 37.9 Å². The van der Waals surface area contributed by atoms with Crippen molar-refractivity contribution >= 4 is 17.5 Å². The number of benzene rings is 1. The van der Waals surface area contributed by atoms with Gasteiger partial charge in [-0.1, -0.05) is 35.9 Å². The summed E-state index contributed by atoms with van der Waals surface area (Å²) in [6.45, 7) is 1.54. The van der Waals surface area contributed by atoms with Gasteiger partial charge in [0.05, 0.1) is 6.10 Å². The van der Waals surface area contributed by atoms with Crippen LogP contribution in [-0.4, -0.2) is 29.0 Å². The smallest absolute Gasteiger partial charge is 0.226 e. The average molecular weight is 346 g/mol. The first-order chi connectivity index (χ1) is 11.6. The zero-order valence-corrected chi connectivity index (χ0v) is 14.5. The third kappa shape index (κ3) is 3.00. The molecule has 0 radical (unpaired) electrons. The maximum atomic E-state index is 12.8. The first-order valence-electron chi connectivity index (χ1n) is 9.02. The lowest BCUT2D eigenvalue weighted by Gasteiger charge is -2.36. The predicted octanol–water partition coefficient (Wildman–Crippen LogP) is 3.82. The molecular formula is C20H24ClNO2. The molecule has 2 bridgehead atoms. The van der Waals surface area contributed by atoms with Crippen molar-refractivity contribution in [2.24, 2.45) is 23.7 Å². The summed E-state index contributed by atoms with van der Waals surface area (Å²) in [6, 6.07) is 7.43. The van der Waals surface area contributed by atoms with Gasteiger partial charge in [0, 0.05) is 24.0 Å². The Morgan fingerprint density at radius 2 is 1.83 bits per heavy atom. The van der Waals surface area contributed by atoms with Crippen molar-refractivity contribution in [2.45, 2.75) is 31.8 Å². The lowest BCUT2D eigenvalue weighted by molar-refractivity contribution is -0.138. The van der Waals surface area contributed by atoms with Crippen LogP contribution in [0.3, 0.4) is 0 Å². The molecule has 1 aliphatic heterocycles. The molecule has 0 unspecified atom stereocenters. The molecule has 128 valence electrons. The van der Waals surface area contributed by atoms with Crippen LogP contribution in [0.15, 0.2) is 36.4 Å². The molecule has 3 nitrogen and oxygen atoms in total. The zero-order chi connectivity index (χ0) is 16.7. The second-order valence-electron chi connectivity index (χ2n) is 7.55. The molecule has 4 atom stereocenters. The van der Waals surface area contributed by atoms with Crippen LogP contribution in [0, 0.1) is 23.7 Å². The molecule has 4 heteroatoms. The molecule has 1 aromatic rings. The van der Waals surface area contributed by atoms with Gasteiger partial charge in [-0.25, -0.2) is 0 Å². The molecular weight excluding hydrogens is 322 g/mol. The average Bonchev–Trinajstić information content (AvgIpc) is 3.25. The first kappa shape index (κ1) is 16.2. The molecule has 24 heavy (non-hydrogen) atoms. The van der Waals surface area contributed by atoms with Crippen molar-refractivity contribution in [3.05, 3.63) is 47.0 Å². The molecule has 1 aromatic carbocycles. The minimum Gasteiger partial charge on any atom is -0.388 e. The fourth-order valence-electron chi connectivity index (χ4n) is 4.67. The van der Waals surface area contributed by atoms with Crippen molar-refractivity contribution in [2.75, 3.05) is 13.1 Å². The van der Waals surface area contributed by atoms with E-state index in [-0.39, 0.29) is 11.8 Å². The Hall–Kier alpha value is -1.32. The van der Waals surface area contributed by atoms with E-state index in [1.54, 1.807) is 0 Å². The van der Waals surface area contributed by atoms with E-state index in [9.17, 15) is 9.90 Å². The van der Waals surface area contributed by atoms with E-state index in [0.29, 0.717) is 22.8 Å². The Kier molecular flexibility index (Phi) is 4.40. The highest BCUT2D eigenvalue weighted by molar-refractivity contribution is 6.30. The van der Waals surface area contributed by atoms with Crippen LogP contribution in [-0.2, 0) is 4.79 Å². The number of piperidine rings is 1. The van der Waals surface area contributed by atoms with E-state index >= 15 is 0 Å². The second-order valence-corrected chi connectivity index (χ2v) is 7.98. The van der Waals surface area contributed by atoms with Crippen LogP contribution < -0.4 is 0 Å². The van der Waals surface area contributed by atoms with Crippen molar-refractivity contribution in [1.29, 1.82) is 0 Å². The number of rotatable bonds is 3. The lowest BCUT2D eigenvalue weighted by Crippen LogP contribution is -2.43. The van der Waals surface area contributed by atoms with Crippen molar-refractivity contribution in [3.63, 3.8) is 0 Å². The number of carbonyl (C=O) groups is 1. The zero-order valence-electron chi connectivity index (χ0n) is 13.8. The van der Waals surface area contributed by atoms with Crippen molar-refractivity contribution < 1.29 is 9.90 Å². The molecule has 1 heterocycles. The van der Waals surface area contributed by atoms with Gasteiger partial charge in [0.2, 0.25) is 5.91 Å². The summed E-state index contributed by atoms with van der Waals surface area (Å²) in [5, 5.41) is 11.3. The van der Waals surface area contributed by atoms with Crippen molar-refractivity contribution in [3.8, 4) is 0 Å². The molecule has 1 saturated heterocycles. The lowest BCUT2D eigenvalue weighted by atomic mass is 9.86. The summed E-state index contributed by atoms with van der Waals surface area (Å²) in [5.74, 6) is 1.87. The van der Waals surface area contributed by atoms with Crippen LogP contribution in [0.2, 0.25) is 5.02 Å². The summed E-state index contributed by atoms with van der Waals surface area (Å²) in [6.07, 6.45) is 8.00. The van der Waals surface area contributed by atoms with Crippen LogP contribution in [0.5, 0.6) is 0 Å². The predicted molar refractivity (Wildman–Crippen MR) is 94.6 cm³/mol. The third-order valence-corrected chi connectivity index (χ3v) is 6.36. The molecule has 1 saturated carbocycles. The number of amides is 1. The van der Waals surface area contributed by atoms with E-state index < -0.39 is 6.10 Å². The van der Waals surface area contributed by atoms with Crippen LogP contribution in [0.4, 0.5) is 0 Å². The van der Waals surface area contributed by atoms with Gasteiger partial charge in [-0.3, -0.25) is 4.79 Å². The summed E-state index contributed by atoms with van der Waals surface area (Å²) in [5.41, 5.74) is 0.919. The molecule has 0 spiro atoms. The van der Waals surface area contributed by atoms with Gasteiger partial charge in [-0.05, 0) is 61.1 Å². The Morgan fingerprint density at radius 3 is 2.42 bits per heavy atom.